The Morgan fingerprint density at radius 3 is 2.35 bits per heavy atom. The molecule has 0 aliphatic carbocycles. The van der Waals surface area contributed by atoms with Gasteiger partial charge in [0.25, 0.3) is 15.9 Å². The molecule has 8 nitrogen and oxygen atoms in total. The van der Waals surface area contributed by atoms with Crippen LogP contribution in [0.25, 0.3) is 11.3 Å². The van der Waals surface area contributed by atoms with Crippen molar-refractivity contribution < 1.29 is 17.9 Å². The van der Waals surface area contributed by atoms with E-state index in [1.165, 1.54) is 19.2 Å². The minimum atomic E-state index is -4.11. The zero-order chi connectivity index (χ0) is 29.2. The summed E-state index contributed by atoms with van der Waals surface area (Å²) in [6.45, 7) is 12.6. The number of nitrogens with zero attached hydrogens (tertiary/aromatic N) is 3. The summed E-state index contributed by atoms with van der Waals surface area (Å²) in [5.74, 6) is -0.0136. The van der Waals surface area contributed by atoms with Crippen molar-refractivity contribution in [3.05, 3.63) is 65.2 Å². The molecule has 2 unspecified atom stereocenters. The first-order valence-electron chi connectivity index (χ1n) is 13.9. The van der Waals surface area contributed by atoms with Crippen molar-refractivity contribution in [1.82, 2.24) is 14.9 Å². The van der Waals surface area contributed by atoms with Gasteiger partial charge in [0.15, 0.2) is 0 Å². The number of benzene rings is 2. The van der Waals surface area contributed by atoms with Gasteiger partial charge in [-0.1, -0.05) is 52.0 Å². The second-order valence-corrected chi connectivity index (χ2v) is 12.9. The normalized spacial score (nSPS) is 18.8. The highest BCUT2D eigenvalue weighted by atomic mass is 32.2. The number of hydrogen-bond donors (Lipinski definition) is 1. The van der Waals surface area contributed by atoms with Crippen molar-refractivity contribution in [3.8, 4) is 17.1 Å². The molecule has 2 aromatic carbocycles. The first kappa shape index (κ1) is 29.5. The van der Waals surface area contributed by atoms with Gasteiger partial charge in [-0.2, -0.15) is 4.98 Å². The van der Waals surface area contributed by atoms with E-state index in [0.29, 0.717) is 11.3 Å². The molecule has 1 aliphatic rings. The van der Waals surface area contributed by atoms with Gasteiger partial charge in [0.05, 0.1) is 17.7 Å². The third kappa shape index (κ3) is 5.84. The van der Waals surface area contributed by atoms with Crippen molar-refractivity contribution >= 4 is 21.9 Å². The fourth-order valence-corrected chi connectivity index (χ4v) is 6.97. The average Bonchev–Trinajstić information content (AvgIpc) is 2.91. The van der Waals surface area contributed by atoms with E-state index in [4.69, 9.17) is 4.74 Å². The number of carbonyl (C=O) groups is 1. The molecular weight excluding hydrogens is 524 g/mol. The van der Waals surface area contributed by atoms with Gasteiger partial charge in [0.1, 0.15) is 0 Å². The van der Waals surface area contributed by atoms with Crippen LogP contribution < -0.4 is 9.46 Å². The number of likely N-dealkylation sites (tertiary alicyclic amines) is 1. The van der Waals surface area contributed by atoms with Gasteiger partial charge in [-0.3, -0.25) is 4.79 Å². The SMILES string of the molecule is CCC1CCC(C)(C)C(CC)N1C(=O)c1cccc(S(=O)(=O)Nc2nc(OC)cc(-c3c(C)cccc3C)n2)c1. The Hall–Kier alpha value is -3.46. The lowest BCUT2D eigenvalue weighted by molar-refractivity contribution is -0.00147. The number of aryl methyl sites for hydroxylation is 2. The van der Waals surface area contributed by atoms with Crippen LogP contribution in [0.2, 0.25) is 0 Å². The summed E-state index contributed by atoms with van der Waals surface area (Å²) in [6.07, 6.45) is 3.68. The van der Waals surface area contributed by atoms with E-state index in [1.807, 2.05) is 36.9 Å². The van der Waals surface area contributed by atoms with Crippen LogP contribution >= 0.6 is 0 Å². The molecule has 2 atom stereocenters. The van der Waals surface area contributed by atoms with E-state index in [-0.39, 0.29) is 40.1 Å². The summed E-state index contributed by atoms with van der Waals surface area (Å²) in [5, 5.41) is 0. The lowest BCUT2D eigenvalue weighted by Crippen LogP contribution is -2.56. The van der Waals surface area contributed by atoms with E-state index in [0.717, 1.165) is 42.4 Å². The zero-order valence-electron chi connectivity index (χ0n) is 24.5. The highest BCUT2D eigenvalue weighted by Gasteiger charge is 2.43. The van der Waals surface area contributed by atoms with Gasteiger partial charge < -0.3 is 9.64 Å². The van der Waals surface area contributed by atoms with Crippen LogP contribution in [0.5, 0.6) is 5.88 Å². The number of hydrogen-bond acceptors (Lipinski definition) is 6. The second kappa shape index (κ2) is 11.6. The van der Waals surface area contributed by atoms with Gasteiger partial charge in [-0.05, 0) is 74.3 Å². The number of amides is 1. The van der Waals surface area contributed by atoms with Crippen molar-refractivity contribution in [3.63, 3.8) is 0 Å². The fraction of sp³-hybridized carbons (Fsp3) is 0.452. The zero-order valence-corrected chi connectivity index (χ0v) is 25.3. The number of rotatable bonds is 8. The van der Waals surface area contributed by atoms with Gasteiger partial charge >= 0.3 is 0 Å². The van der Waals surface area contributed by atoms with Gasteiger partial charge in [0.2, 0.25) is 11.8 Å². The number of methoxy groups -OCH3 is 1. The molecule has 3 aromatic rings. The largest absolute Gasteiger partial charge is 0.481 e. The van der Waals surface area contributed by atoms with Gasteiger partial charge in [0, 0.05) is 29.3 Å². The van der Waals surface area contributed by atoms with E-state index < -0.39 is 10.0 Å². The maximum atomic E-state index is 13.9. The van der Waals surface area contributed by atoms with Crippen LogP contribution in [0.4, 0.5) is 5.95 Å². The monoisotopic (exact) mass is 564 g/mol. The maximum Gasteiger partial charge on any atom is 0.264 e. The lowest BCUT2D eigenvalue weighted by atomic mass is 9.72. The van der Waals surface area contributed by atoms with Crippen molar-refractivity contribution in [2.45, 2.75) is 84.2 Å². The molecule has 0 radical (unpaired) electrons. The Morgan fingerprint density at radius 1 is 1.05 bits per heavy atom. The number of carbonyl (C=O) groups excluding carboxylic acids is 1. The Balaban J connectivity index is 1.68. The first-order chi connectivity index (χ1) is 18.9. The topological polar surface area (TPSA) is 101 Å². The molecule has 0 bridgehead atoms. The number of anilines is 1. The minimum absolute atomic E-state index is 0.0157. The molecule has 9 heteroatoms. The van der Waals surface area contributed by atoms with Crippen molar-refractivity contribution in [1.29, 1.82) is 0 Å². The summed E-state index contributed by atoms with van der Waals surface area (Å²) in [4.78, 5) is 24.6. The van der Waals surface area contributed by atoms with Crippen LogP contribution in [0, 0.1) is 19.3 Å². The number of aromatic nitrogens is 2. The number of sulfonamides is 1. The third-order valence-corrected chi connectivity index (χ3v) is 9.44. The fourth-order valence-electron chi connectivity index (χ4n) is 5.98. The van der Waals surface area contributed by atoms with E-state index >= 15 is 0 Å². The van der Waals surface area contributed by atoms with E-state index in [1.54, 1.807) is 18.2 Å². The predicted octanol–water partition coefficient (Wildman–Crippen LogP) is 6.39. The summed E-state index contributed by atoms with van der Waals surface area (Å²) in [5.41, 5.74) is 3.76. The quantitative estimate of drug-likeness (QED) is 0.340. The standard InChI is InChI=1S/C31H40N4O4S/c1-8-23-16-17-31(5,6)26(9-2)35(23)29(36)22-14-11-15-24(18-22)40(37,38)34-30-32-25(19-27(33-30)39-7)28-20(3)12-10-13-21(28)4/h10-15,18-19,23,26H,8-9,16-17H2,1-7H3,(H,32,33,34). The third-order valence-electron chi connectivity index (χ3n) is 8.11. The minimum Gasteiger partial charge on any atom is -0.481 e. The van der Waals surface area contributed by atoms with Gasteiger partial charge in [-0.15, -0.1) is 0 Å². The summed E-state index contributed by atoms with van der Waals surface area (Å²) in [7, 11) is -2.64. The molecule has 0 saturated carbocycles. The Labute approximate surface area is 238 Å². The van der Waals surface area contributed by atoms with Gasteiger partial charge in [-0.25, -0.2) is 18.1 Å². The number of nitrogens with one attached hydrogen (secondary N) is 1. The first-order valence-corrected chi connectivity index (χ1v) is 15.3. The van der Waals surface area contributed by atoms with Crippen LogP contribution in [0.15, 0.2) is 53.4 Å². The molecular formula is C31H40N4O4S. The number of ether oxygens (including phenoxy) is 1. The summed E-state index contributed by atoms with van der Waals surface area (Å²) < 4.78 is 34.9. The Bertz CT molecular complexity index is 1480. The van der Waals surface area contributed by atoms with Crippen LogP contribution in [-0.4, -0.2) is 48.4 Å². The smallest absolute Gasteiger partial charge is 0.264 e. The summed E-state index contributed by atoms with van der Waals surface area (Å²) >= 11 is 0. The average molecular weight is 565 g/mol. The molecule has 214 valence electrons. The van der Waals surface area contributed by atoms with Crippen molar-refractivity contribution in [2.75, 3.05) is 11.8 Å². The van der Waals surface area contributed by atoms with Crippen LogP contribution in [0.3, 0.4) is 0 Å². The predicted molar refractivity (Wildman–Crippen MR) is 158 cm³/mol. The molecule has 0 spiro atoms. The van der Waals surface area contributed by atoms with Crippen LogP contribution in [0.1, 0.15) is 74.9 Å². The molecule has 1 fully saturated rings. The Morgan fingerprint density at radius 2 is 1.73 bits per heavy atom. The molecule has 1 aromatic heterocycles. The molecule has 1 N–H and O–H groups in total. The lowest BCUT2D eigenvalue weighted by Gasteiger charge is -2.50. The molecule has 1 aliphatic heterocycles. The highest BCUT2D eigenvalue weighted by molar-refractivity contribution is 7.92. The molecule has 1 amide bonds. The van der Waals surface area contributed by atoms with Crippen LogP contribution in [-0.2, 0) is 10.0 Å². The molecule has 40 heavy (non-hydrogen) atoms. The molecule has 4 rings (SSSR count). The molecule has 2 heterocycles. The molecule has 1 saturated heterocycles. The van der Waals surface area contributed by atoms with E-state index in [2.05, 4.69) is 42.4 Å². The second-order valence-electron chi connectivity index (χ2n) is 11.2. The highest BCUT2D eigenvalue weighted by Crippen LogP contribution is 2.41. The number of piperidine rings is 1. The Kier molecular flexibility index (Phi) is 8.54. The van der Waals surface area contributed by atoms with Crippen molar-refractivity contribution in [2.24, 2.45) is 5.41 Å². The maximum absolute atomic E-state index is 13.9. The van der Waals surface area contributed by atoms with E-state index in [9.17, 15) is 13.2 Å². The summed E-state index contributed by atoms with van der Waals surface area (Å²) in [6, 6.07) is 14.0.